The quantitative estimate of drug-likeness (QED) is 0.331. The molecule has 1 rings (SSSR count). The molecule has 0 aliphatic heterocycles. The van der Waals surface area contributed by atoms with Gasteiger partial charge in [0, 0.05) is 0 Å². The molecule has 0 spiro atoms. The summed E-state index contributed by atoms with van der Waals surface area (Å²) in [6.07, 6.45) is 3.82. The van der Waals surface area contributed by atoms with Crippen LogP contribution in [0.25, 0.3) is 6.08 Å². The summed E-state index contributed by atoms with van der Waals surface area (Å²) in [7, 11) is 0. The van der Waals surface area contributed by atoms with Gasteiger partial charge < -0.3 is 16.7 Å². The van der Waals surface area contributed by atoms with E-state index in [0.717, 1.165) is 11.3 Å². The van der Waals surface area contributed by atoms with Gasteiger partial charge in [-0.3, -0.25) is 0 Å². The van der Waals surface area contributed by atoms with Crippen molar-refractivity contribution >= 4 is 17.7 Å². The molecule has 0 unspecified atom stereocenters. The third-order valence-corrected chi connectivity index (χ3v) is 1.92. The zero-order chi connectivity index (χ0) is 15.5. The Balaban J connectivity index is 0.000000796. The lowest BCUT2D eigenvalue weighted by Crippen LogP contribution is -2.21. The van der Waals surface area contributed by atoms with E-state index in [4.69, 9.17) is 26.8 Å². The predicted molar refractivity (Wildman–Crippen MR) is 77.9 cm³/mol. The monoisotopic (exact) mass is 279 g/mol. The first kappa shape index (κ1) is 17.1. The van der Waals surface area contributed by atoms with Gasteiger partial charge >= 0.3 is 0 Å². The third-order valence-electron chi connectivity index (χ3n) is 1.92. The number of hydrogen-bond donors (Lipinski definition) is 3. The first-order valence-corrected chi connectivity index (χ1v) is 5.52. The number of aryl methyl sites for hydroxylation is 1. The molecule has 0 aliphatic rings. The van der Waals surface area contributed by atoms with Gasteiger partial charge in [-0.05, 0) is 25.5 Å². The van der Waals surface area contributed by atoms with E-state index in [2.05, 4.69) is 29.3 Å². The Hall–Kier alpha value is -2.90. The average Bonchev–Trinajstić information content (AvgIpc) is 2.35. The molecule has 0 amide bonds. The molecule has 20 heavy (non-hydrogen) atoms. The first-order chi connectivity index (χ1) is 9.31. The van der Waals surface area contributed by atoms with Crippen molar-refractivity contribution in [2.45, 2.75) is 13.8 Å². The highest BCUT2D eigenvalue weighted by molar-refractivity contribution is 5.96. The second-order valence-electron chi connectivity index (χ2n) is 3.75. The second-order valence-corrected chi connectivity index (χ2v) is 3.75. The van der Waals surface area contributed by atoms with Crippen LogP contribution in [-0.2, 0) is 0 Å². The van der Waals surface area contributed by atoms with Gasteiger partial charge in [-0.2, -0.15) is 5.10 Å². The van der Waals surface area contributed by atoms with Crippen LogP contribution in [0, 0.1) is 17.0 Å². The molecule has 0 fully saturated rings. The summed E-state index contributed by atoms with van der Waals surface area (Å²) in [5, 5.41) is 21.0. The molecule has 0 aliphatic carbocycles. The fourth-order valence-electron chi connectivity index (χ4n) is 1.06. The normalized spacial score (nSPS) is 10.6. The van der Waals surface area contributed by atoms with Crippen molar-refractivity contribution in [1.29, 1.82) is 0 Å². The molecule has 0 saturated heterocycles. The lowest BCUT2D eigenvalue weighted by atomic mass is 10.1. The summed E-state index contributed by atoms with van der Waals surface area (Å²) in [6, 6.07) is 8.20. The van der Waals surface area contributed by atoms with Crippen LogP contribution in [0.2, 0.25) is 0 Å². The highest BCUT2D eigenvalue weighted by Crippen LogP contribution is 2.05. The van der Waals surface area contributed by atoms with E-state index in [1.165, 1.54) is 5.56 Å². The minimum Gasteiger partial charge on any atom is -0.369 e. The van der Waals surface area contributed by atoms with Crippen LogP contribution >= 0.6 is 0 Å². The van der Waals surface area contributed by atoms with Crippen molar-refractivity contribution in [2.24, 2.45) is 21.7 Å². The molecule has 0 heterocycles. The van der Waals surface area contributed by atoms with Crippen molar-refractivity contribution in [1.82, 2.24) is 0 Å². The minimum atomic E-state index is -1.50. The van der Waals surface area contributed by atoms with Crippen LogP contribution in [0.4, 0.5) is 0 Å². The predicted octanol–water partition coefficient (Wildman–Crippen LogP) is 1.31. The van der Waals surface area contributed by atoms with Gasteiger partial charge in [0.25, 0.3) is 5.09 Å². The van der Waals surface area contributed by atoms with Gasteiger partial charge in [0.05, 0.1) is 5.71 Å². The Bertz CT molecular complexity index is 512. The molecule has 8 nitrogen and oxygen atoms in total. The number of nitrogens with zero attached hydrogens (tertiary/aromatic N) is 3. The highest BCUT2D eigenvalue weighted by Gasteiger charge is 1.87. The SMILES string of the molecule is CC(/C=C/c1ccc(C)cc1)=N\N=C(N)N.O=[N+]([O-])O. The molecule has 1 aromatic rings. The topological polar surface area (TPSA) is 140 Å². The van der Waals surface area contributed by atoms with Gasteiger partial charge in [-0.15, -0.1) is 15.2 Å². The summed E-state index contributed by atoms with van der Waals surface area (Å²) in [6.45, 7) is 3.88. The van der Waals surface area contributed by atoms with E-state index in [1.54, 1.807) is 0 Å². The van der Waals surface area contributed by atoms with Crippen molar-refractivity contribution in [2.75, 3.05) is 0 Å². The minimum absolute atomic E-state index is 0.0388. The molecular formula is C12H17N5O3. The van der Waals surface area contributed by atoms with Crippen molar-refractivity contribution in [3.63, 3.8) is 0 Å². The van der Waals surface area contributed by atoms with E-state index < -0.39 is 5.09 Å². The molecule has 0 bridgehead atoms. The smallest absolute Gasteiger partial charge is 0.291 e. The van der Waals surface area contributed by atoms with E-state index in [9.17, 15) is 0 Å². The molecule has 0 atom stereocenters. The lowest BCUT2D eigenvalue weighted by Gasteiger charge is -1.94. The molecule has 0 aromatic heterocycles. The van der Waals surface area contributed by atoms with Gasteiger partial charge in [0.2, 0.25) is 5.96 Å². The zero-order valence-electron chi connectivity index (χ0n) is 11.2. The standard InChI is InChI=1S/C12H16N4.HNO3/c1-9-3-6-11(7-4-9)8-5-10(2)15-16-12(13)14;2-1(3)4/h3-8H,1-2H3,(H4,13,14,16);(H,2,3,4)/b8-5+,15-10+;. The van der Waals surface area contributed by atoms with Crippen LogP contribution in [0.1, 0.15) is 18.1 Å². The molecule has 0 saturated carbocycles. The largest absolute Gasteiger partial charge is 0.369 e. The molecule has 1 aromatic carbocycles. The Kier molecular flexibility index (Phi) is 7.77. The van der Waals surface area contributed by atoms with Crippen LogP contribution in [0.5, 0.6) is 0 Å². The van der Waals surface area contributed by atoms with E-state index >= 15 is 0 Å². The maximum absolute atomic E-state index is 8.36. The summed E-state index contributed by atoms with van der Waals surface area (Å²) in [5.74, 6) is -0.0388. The Morgan fingerprint density at radius 2 is 1.80 bits per heavy atom. The lowest BCUT2D eigenvalue weighted by molar-refractivity contribution is -0.742. The number of hydrogen-bond acceptors (Lipinski definition) is 4. The van der Waals surface area contributed by atoms with Gasteiger partial charge in [0.15, 0.2) is 0 Å². The third kappa shape index (κ3) is 10.3. The fourth-order valence-corrected chi connectivity index (χ4v) is 1.06. The number of rotatable bonds is 3. The average molecular weight is 279 g/mol. The van der Waals surface area contributed by atoms with Crippen LogP contribution < -0.4 is 11.5 Å². The fraction of sp³-hybridized carbons (Fsp3) is 0.167. The van der Waals surface area contributed by atoms with E-state index in [1.807, 2.05) is 31.2 Å². The number of allylic oxidation sites excluding steroid dienone is 1. The van der Waals surface area contributed by atoms with Crippen LogP contribution in [0.3, 0.4) is 0 Å². The van der Waals surface area contributed by atoms with Crippen molar-refractivity contribution in [3.8, 4) is 0 Å². The Morgan fingerprint density at radius 1 is 1.30 bits per heavy atom. The molecule has 8 heteroatoms. The summed E-state index contributed by atoms with van der Waals surface area (Å²) < 4.78 is 0. The highest BCUT2D eigenvalue weighted by atomic mass is 16.9. The molecular weight excluding hydrogens is 262 g/mol. The maximum Gasteiger partial charge on any atom is 0.291 e. The summed E-state index contributed by atoms with van der Waals surface area (Å²) in [4.78, 5) is 8.36. The Morgan fingerprint density at radius 3 is 2.25 bits per heavy atom. The van der Waals surface area contributed by atoms with E-state index in [-0.39, 0.29) is 5.96 Å². The van der Waals surface area contributed by atoms with Gasteiger partial charge in [-0.1, -0.05) is 35.9 Å². The first-order valence-electron chi connectivity index (χ1n) is 5.52. The second kappa shape index (κ2) is 9.09. The Labute approximate surface area is 116 Å². The summed E-state index contributed by atoms with van der Waals surface area (Å²) >= 11 is 0. The molecule has 5 N–H and O–H groups in total. The number of guanidine groups is 1. The molecule has 0 radical (unpaired) electrons. The van der Waals surface area contributed by atoms with Crippen molar-refractivity contribution < 1.29 is 10.3 Å². The summed E-state index contributed by atoms with van der Waals surface area (Å²) in [5.41, 5.74) is 13.4. The van der Waals surface area contributed by atoms with Crippen molar-refractivity contribution in [3.05, 3.63) is 51.6 Å². The number of benzene rings is 1. The van der Waals surface area contributed by atoms with Crippen LogP contribution in [-0.4, -0.2) is 22.0 Å². The van der Waals surface area contributed by atoms with Gasteiger partial charge in [-0.25, -0.2) is 0 Å². The number of nitrogens with two attached hydrogens (primary N) is 2. The van der Waals surface area contributed by atoms with Gasteiger partial charge in [0.1, 0.15) is 0 Å². The maximum atomic E-state index is 8.36. The zero-order valence-corrected chi connectivity index (χ0v) is 11.2. The van der Waals surface area contributed by atoms with E-state index in [0.29, 0.717) is 0 Å². The van der Waals surface area contributed by atoms with Crippen LogP contribution in [0.15, 0.2) is 40.5 Å². The molecule has 108 valence electrons.